The summed E-state index contributed by atoms with van der Waals surface area (Å²) in [6, 6.07) is 0. The van der Waals surface area contributed by atoms with E-state index in [0.717, 1.165) is 10.9 Å². The highest BCUT2D eigenvalue weighted by molar-refractivity contribution is 8.19. The van der Waals surface area contributed by atoms with Crippen LogP contribution in [0.2, 0.25) is 0 Å². The Morgan fingerprint density at radius 1 is 1.78 bits per heavy atom. The molecule has 0 saturated carbocycles. The first-order valence-electron chi connectivity index (χ1n) is 2.68. The van der Waals surface area contributed by atoms with Crippen molar-refractivity contribution in [3.05, 3.63) is 0 Å². The lowest BCUT2D eigenvalue weighted by atomic mass is 10.7. The van der Waals surface area contributed by atoms with Crippen molar-refractivity contribution in [3.8, 4) is 0 Å². The maximum absolute atomic E-state index is 4.94. The summed E-state index contributed by atoms with van der Waals surface area (Å²) >= 11 is 6.16. The fourth-order valence-electron chi connectivity index (χ4n) is 0.264. The van der Waals surface area contributed by atoms with Crippen LogP contribution in [0.3, 0.4) is 0 Å². The SMILES string of the molecule is CCN(C)C(=S)SOC. The highest BCUT2D eigenvalue weighted by atomic mass is 32.2. The monoisotopic (exact) mass is 165 g/mol. The van der Waals surface area contributed by atoms with Gasteiger partial charge in [-0.1, -0.05) is 12.2 Å². The summed E-state index contributed by atoms with van der Waals surface area (Å²) in [6.07, 6.45) is 0. The van der Waals surface area contributed by atoms with Crippen molar-refractivity contribution in [2.75, 3.05) is 20.7 Å². The zero-order valence-corrected chi connectivity index (χ0v) is 7.51. The van der Waals surface area contributed by atoms with Gasteiger partial charge in [0.1, 0.15) is 0 Å². The fourth-order valence-corrected chi connectivity index (χ4v) is 0.996. The third-order valence-corrected chi connectivity index (χ3v) is 2.08. The minimum Gasteiger partial charge on any atom is -0.359 e. The first kappa shape index (κ1) is 9.20. The summed E-state index contributed by atoms with van der Waals surface area (Å²) in [5.41, 5.74) is 0. The molecule has 0 rings (SSSR count). The van der Waals surface area contributed by atoms with E-state index < -0.39 is 0 Å². The van der Waals surface area contributed by atoms with Gasteiger partial charge in [-0.05, 0) is 6.92 Å². The zero-order valence-electron chi connectivity index (χ0n) is 5.88. The minimum atomic E-state index is 0.778. The Morgan fingerprint density at radius 3 is 2.67 bits per heavy atom. The molecule has 0 fully saturated rings. The summed E-state index contributed by atoms with van der Waals surface area (Å²) in [5.74, 6) is 0. The molecule has 0 N–H and O–H groups in total. The third kappa shape index (κ3) is 3.72. The van der Waals surface area contributed by atoms with E-state index in [1.54, 1.807) is 7.11 Å². The van der Waals surface area contributed by atoms with Gasteiger partial charge in [0.2, 0.25) is 0 Å². The van der Waals surface area contributed by atoms with Crippen LogP contribution in [0.15, 0.2) is 0 Å². The highest BCUT2D eigenvalue weighted by Crippen LogP contribution is 2.06. The Labute approximate surface area is 65.8 Å². The predicted molar refractivity (Wildman–Crippen MR) is 45.5 cm³/mol. The Bertz CT molecular complexity index is 97.0. The van der Waals surface area contributed by atoms with Gasteiger partial charge in [0, 0.05) is 13.6 Å². The fraction of sp³-hybridized carbons (Fsp3) is 0.800. The lowest BCUT2D eigenvalue weighted by molar-refractivity contribution is 0.489. The van der Waals surface area contributed by atoms with E-state index in [0.29, 0.717) is 0 Å². The van der Waals surface area contributed by atoms with E-state index in [9.17, 15) is 0 Å². The topological polar surface area (TPSA) is 12.5 Å². The van der Waals surface area contributed by atoms with Gasteiger partial charge in [-0.15, -0.1) is 0 Å². The second-order valence-corrected chi connectivity index (χ2v) is 3.06. The van der Waals surface area contributed by atoms with Gasteiger partial charge >= 0.3 is 0 Å². The summed E-state index contributed by atoms with van der Waals surface area (Å²) in [5, 5.41) is 0. The molecule has 0 aromatic carbocycles. The first-order chi connectivity index (χ1) is 4.22. The van der Waals surface area contributed by atoms with Crippen LogP contribution in [0.4, 0.5) is 0 Å². The van der Waals surface area contributed by atoms with Gasteiger partial charge in [-0.25, -0.2) is 0 Å². The van der Waals surface area contributed by atoms with Crippen LogP contribution in [0, 0.1) is 0 Å². The molecule has 0 aromatic rings. The summed E-state index contributed by atoms with van der Waals surface area (Å²) in [6.45, 7) is 2.97. The molecule has 0 spiro atoms. The molecule has 0 bridgehead atoms. The van der Waals surface area contributed by atoms with Crippen molar-refractivity contribution >= 4 is 28.6 Å². The molecule has 0 aliphatic carbocycles. The van der Waals surface area contributed by atoms with Crippen LogP contribution in [0.5, 0.6) is 0 Å². The quantitative estimate of drug-likeness (QED) is 0.454. The van der Waals surface area contributed by atoms with Crippen molar-refractivity contribution in [1.82, 2.24) is 4.90 Å². The molecule has 4 heteroatoms. The van der Waals surface area contributed by atoms with Crippen LogP contribution < -0.4 is 0 Å². The molecule has 0 aromatic heterocycles. The molecular formula is C5H11NOS2. The van der Waals surface area contributed by atoms with Crippen LogP contribution in [0.25, 0.3) is 0 Å². The number of hydrogen-bond acceptors (Lipinski definition) is 3. The number of nitrogens with zero attached hydrogens (tertiary/aromatic N) is 1. The van der Waals surface area contributed by atoms with E-state index in [-0.39, 0.29) is 0 Å². The molecule has 54 valence electrons. The van der Waals surface area contributed by atoms with E-state index in [1.807, 2.05) is 18.9 Å². The molecule has 0 aliphatic rings. The third-order valence-electron chi connectivity index (χ3n) is 0.941. The Kier molecular flexibility index (Phi) is 5.13. The van der Waals surface area contributed by atoms with Gasteiger partial charge in [0.25, 0.3) is 0 Å². The van der Waals surface area contributed by atoms with Gasteiger partial charge in [-0.3, -0.25) is 0 Å². The number of hydrogen-bond donors (Lipinski definition) is 0. The average molecular weight is 165 g/mol. The zero-order chi connectivity index (χ0) is 7.28. The van der Waals surface area contributed by atoms with Gasteiger partial charge < -0.3 is 9.08 Å². The molecule has 0 saturated heterocycles. The lowest BCUT2D eigenvalue weighted by Gasteiger charge is -2.14. The van der Waals surface area contributed by atoms with Gasteiger partial charge in [0.15, 0.2) is 4.32 Å². The van der Waals surface area contributed by atoms with Crippen LogP contribution in [-0.4, -0.2) is 29.9 Å². The van der Waals surface area contributed by atoms with Crippen LogP contribution >= 0.6 is 24.3 Å². The van der Waals surface area contributed by atoms with Crippen molar-refractivity contribution in [2.45, 2.75) is 6.92 Å². The van der Waals surface area contributed by atoms with Crippen molar-refractivity contribution in [2.24, 2.45) is 0 Å². The summed E-state index contributed by atoms with van der Waals surface area (Å²) < 4.78 is 5.54. The number of rotatable bonds is 2. The molecule has 0 unspecified atom stereocenters. The first-order valence-corrected chi connectivity index (χ1v) is 3.83. The van der Waals surface area contributed by atoms with Crippen LogP contribution in [-0.2, 0) is 4.18 Å². The standard InChI is InChI=1S/C5H11NOS2/c1-4-6(2)5(8)9-7-3/h4H2,1-3H3. The Balaban J connectivity index is 3.46. The molecule has 0 atom stereocenters. The largest absolute Gasteiger partial charge is 0.359 e. The van der Waals surface area contributed by atoms with E-state index in [2.05, 4.69) is 0 Å². The summed E-state index contributed by atoms with van der Waals surface area (Å²) in [7, 11) is 3.55. The predicted octanol–water partition coefficient (Wildman–Crippen LogP) is 1.52. The lowest BCUT2D eigenvalue weighted by Crippen LogP contribution is -2.21. The normalized spacial score (nSPS) is 9.22. The molecule has 2 nitrogen and oxygen atoms in total. The molecule has 9 heavy (non-hydrogen) atoms. The molecule has 0 aliphatic heterocycles. The van der Waals surface area contributed by atoms with Crippen molar-refractivity contribution in [3.63, 3.8) is 0 Å². The maximum Gasteiger partial charge on any atom is 0.163 e. The molecule has 0 radical (unpaired) electrons. The smallest absolute Gasteiger partial charge is 0.163 e. The maximum atomic E-state index is 4.94. The van der Waals surface area contributed by atoms with E-state index >= 15 is 0 Å². The Hall–Kier alpha value is 0.200. The van der Waals surface area contributed by atoms with E-state index in [4.69, 9.17) is 16.4 Å². The molecule has 0 heterocycles. The average Bonchev–Trinajstić information content (AvgIpc) is 1.87. The molecular weight excluding hydrogens is 154 g/mol. The second-order valence-electron chi connectivity index (χ2n) is 1.53. The Morgan fingerprint density at radius 2 is 2.33 bits per heavy atom. The second kappa shape index (κ2) is 5.02. The minimum absolute atomic E-state index is 0.778. The molecule has 0 amide bonds. The van der Waals surface area contributed by atoms with Gasteiger partial charge in [-0.2, -0.15) is 0 Å². The van der Waals surface area contributed by atoms with Crippen LogP contribution in [0.1, 0.15) is 6.92 Å². The van der Waals surface area contributed by atoms with E-state index in [1.165, 1.54) is 12.0 Å². The number of thiocarbonyl (C=S) groups is 1. The summed E-state index contributed by atoms with van der Waals surface area (Å²) in [4.78, 5) is 1.95. The van der Waals surface area contributed by atoms with Gasteiger partial charge in [0.05, 0.1) is 19.2 Å². The van der Waals surface area contributed by atoms with Crippen molar-refractivity contribution < 1.29 is 4.18 Å². The van der Waals surface area contributed by atoms with Crippen molar-refractivity contribution in [1.29, 1.82) is 0 Å². The highest BCUT2D eigenvalue weighted by Gasteiger charge is 1.99.